The zero-order chi connectivity index (χ0) is 24.5. The maximum absolute atomic E-state index is 13.5. The number of halogens is 1. The Bertz CT molecular complexity index is 1510. The zero-order valence-corrected chi connectivity index (χ0v) is 19.9. The topological polar surface area (TPSA) is 115 Å². The lowest BCUT2D eigenvalue weighted by atomic mass is 10.2. The van der Waals surface area contributed by atoms with Crippen molar-refractivity contribution in [2.45, 2.75) is 18.7 Å². The van der Waals surface area contributed by atoms with Crippen LogP contribution in [0.1, 0.15) is 11.1 Å². The molecule has 0 radical (unpaired) electrons. The minimum Gasteiger partial charge on any atom is -0.493 e. The molecule has 0 unspecified atom stereocenters. The van der Waals surface area contributed by atoms with Gasteiger partial charge in [0.05, 0.1) is 16.1 Å². The van der Waals surface area contributed by atoms with Gasteiger partial charge in [0.2, 0.25) is 5.88 Å². The van der Waals surface area contributed by atoms with Crippen LogP contribution in [0.4, 0.5) is 11.4 Å². The van der Waals surface area contributed by atoms with E-state index in [4.69, 9.17) is 11.6 Å². The maximum Gasteiger partial charge on any atom is 0.285 e. The molecule has 174 valence electrons. The normalized spacial score (nSPS) is 11.9. The number of fused-ring (bicyclic) bond motifs is 1. The third-order valence-electron chi connectivity index (χ3n) is 5.32. The van der Waals surface area contributed by atoms with E-state index in [2.05, 4.69) is 15.2 Å². The molecule has 4 rings (SSSR count). The highest BCUT2D eigenvalue weighted by Gasteiger charge is 2.29. The fourth-order valence-electron chi connectivity index (χ4n) is 3.48. The second kappa shape index (κ2) is 9.28. The number of rotatable bonds is 6. The van der Waals surface area contributed by atoms with E-state index in [0.29, 0.717) is 21.5 Å². The van der Waals surface area contributed by atoms with Crippen LogP contribution in [0.2, 0.25) is 5.02 Å². The second-order valence-corrected chi connectivity index (χ2v) is 9.94. The largest absolute Gasteiger partial charge is 0.493 e. The Balaban J connectivity index is 1.71. The van der Waals surface area contributed by atoms with Crippen LogP contribution in [-0.2, 0) is 14.8 Å². The molecule has 0 aliphatic rings. The van der Waals surface area contributed by atoms with E-state index < -0.39 is 22.5 Å². The first-order valence-corrected chi connectivity index (χ1v) is 12.1. The summed E-state index contributed by atoms with van der Waals surface area (Å²) in [5, 5.41) is 18.6. The predicted octanol–water partition coefficient (Wildman–Crippen LogP) is 5.65. The van der Waals surface area contributed by atoms with E-state index in [0.717, 1.165) is 9.87 Å². The van der Waals surface area contributed by atoms with Gasteiger partial charge < -0.3 is 10.1 Å². The first-order valence-electron chi connectivity index (χ1n) is 10.3. The Morgan fingerprint density at radius 1 is 1.03 bits per heavy atom. The lowest BCUT2D eigenvalue weighted by molar-refractivity contribution is -0.116. The van der Waals surface area contributed by atoms with Crippen molar-refractivity contribution in [3.63, 3.8) is 0 Å². The van der Waals surface area contributed by atoms with Crippen LogP contribution in [-0.4, -0.2) is 31.0 Å². The molecule has 1 heterocycles. The van der Waals surface area contributed by atoms with E-state index in [1.165, 1.54) is 12.1 Å². The Morgan fingerprint density at radius 3 is 2.47 bits per heavy atom. The summed E-state index contributed by atoms with van der Waals surface area (Å²) in [5.41, 5.74) is 2.37. The number of azo groups is 1. The van der Waals surface area contributed by atoms with E-state index in [1.54, 1.807) is 61.5 Å². The summed E-state index contributed by atoms with van der Waals surface area (Å²) in [7, 11) is -4.12. The van der Waals surface area contributed by atoms with Crippen LogP contribution in [0.15, 0.2) is 81.9 Å². The molecule has 8 nitrogen and oxygen atoms in total. The lowest BCUT2D eigenvalue weighted by Gasteiger charge is -2.25. The number of carbonyl (C=O) groups is 1. The smallest absolute Gasteiger partial charge is 0.285 e. The number of anilines is 1. The monoisotopic (exact) mass is 496 g/mol. The molecule has 1 amide bonds. The summed E-state index contributed by atoms with van der Waals surface area (Å²) >= 11 is 6.23. The van der Waals surface area contributed by atoms with Gasteiger partial charge in [0.1, 0.15) is 6.54 Å². The van der Waals surface area contributed by atoms with Gasteiger partial charge >= 0.3 is 0 Å². The minimum atomic E-state index is -4.12. The third-order valence-corrected chi connectivity index (χ3v) is 7.50. The lowest BCUT2D eigenvalue weighted by Crippen LogP contribution is -2.35. The molecule has 34 heavy (non-hydrogen) atoms. The number of carbonyl (C=O) groups excluding carboxylic acids is 1. The van der Waals surface area contributed by atoms with Crippen LogP contribution >= 0.6 is 11.6 Å². The number of nitrogens with zero attached hydrogens (tertiary/aromatic N) is 3. The van der Waals surface area contributed by atoms with Gasteiger partial charge in [-0.25, -0.2) is 8.42 Å². The summed E-state index contributed by atoms with van der Waals surface area (Å²) in [5.74, 6) is -1.06. The summed E-state index contributed by atoms with van der Waals surface area (Å²) in [6.07, 6.45) is 0. The van der Waals surface area contributed by atoms with E-state index in [9.17, 15) is 18.3 Å². The Labute approximate surface area is 201 Å². The molecule has 0 spiro atoms. The molecule has 0 saturated heterocycles. The quantitative estimate of drug-likeness (QED) is 0.335. The molecule has 0 saturated carbocycles. The van der Waals surface area contributed by atoms with Crippen LogP contribution in [0.5, 0.6) is 5.88 Å². The zero-order valence-electron chi connectivity index (χ0n) is 18.4. The molecule has 0 atom stereocenters. The molecular weight excluding hydrogens is 476 g/mol. The van der Waals surface area contributed by atoms with Crippen LogP contribution in [0.3, 0.4) is 0 Å². The molecular formula is C24H21ClN4O4S. The van der Waals surface area contributed by atoms with Gasteiger partial charge in [0.15, 0.2) is 5.69 Å². The van der Waals surface area contributed by atoms with Gasteiger partial charge in [-0.1, -0.05) is 53.6 Å². The second-order valence-electron chi connectivity index (χ2n) is 7.67. The summed E-state index contributed by atoms with van der Waals surface area (Å²) < 4.78 is 28.0. The number of hydrogen-bond acceptors (Lipinski definition) is 5. The number of aryl methyl sites for hydroxylation is 1. The van der Waals surface area contributed by atoms with Crippen molar-refractivity contribution in [3.8, 4) is 5.88 Å². The Hall–Kier alpha value is -3.69. The standard InChI is InChI=1S/C24H21ClN4O4S/c1-15-10-12-17(13-11-15)34(32,33)29(21-9-5-7-19(25)16(21)2)14-22(30)27-28-23-18-6-3-4-8-20(18)26-24(23)31/h3-13,26,31H,14H2,1-2H3. The average molecular weight is 497 g/mol. The average Bonchev–Trinajstić information content (AvgIpc) is 3.13. The first-order chi connectivity index (χ1) is 16.2. The summed E-state index contributed by atoms with van der Waals surface area (Å²) in [6, 6.07) is 18.1. The highest BCUT2D eigenvalue weighted by atomic mass is 35.5. The first kappa shape index (κ1) is 23.5. The van der Waals surface area contributed by atoms with Crippen molar-refractivity contribution in [1.29, 1.82) is 0 Å². The number of benzene rings is 3. The van der Waals surface area contributed by atoms with Gasteiger partial charge in [0.25, 0.3) is 15.9 Å². The number of H-pyrrole nitrogens is 1. The van der Waals surface area contributed by atoms with Gasteiger partial charge in [-0.05, 0) is 49.7 Å². The van der Waals surface area contributed by atoms with Gasteiger partial charge in [-0.3, -0.25) is 9.10 Å². The van der Waals surface area contributed by atoms with Gasteiger partial charge in [-0.2, -0.15) is 0 Å². The highest BCUT2D eigenvalue weighted by Crippen LogP contribution is 2.35. The van der Waals surface area contributed by atoms with Crippen molar-refractivity contribution in [2.75, 3.05) is 10.8 Å². The maximum atomic E-state index is 13.5. The highest BCUT2D eigenvalue weighted by molar-refractivity contribution is 7.92. The molecule has 0 aliphatic carbocycles. The van der Waals surface area contributed by atoms with Crippen molar-refractivity contribution >= 4 is 49.8 Å². The molecule has 0 bridgehead atoms. The minimum absolute atomic E-state index is 0.0245. The molecule has 0 fully saturated rings. The van der Waals surface area contributed by atoms with Crippen LogP contribution in [0.25, 0.3) is 10.9 Å². The van der Waals surface area contributed by atoms with Crippen LogP contribution in [0, 0.1) is 13.8 Å². The van der Waals surface area contributed by atoms with Crippen molar-refractivity contribution < 1.29 is 18.3 Å². The number of aromatic nitrogens is 1. The molecule has 4 aromatic rings. The Kier molecular flexibility index (Phi) is 6.41. The molecule has 2 N–H and O–H groups in total. The van der Waals surface area contributed by atoms with Crippen molar-refractivity contribution in [2.24, 2.45) is 10.2 Å². The fourth-order valence-corrected chi connectivity index (χ4v) is 5.12. The summed E-state index contributed by atoms with van der Waals surface area (Å²) in [6.45, 7) is 2.91. The van der Waals surface area contributed by atoms with Crippen molar-refractivity contribution in [3.05, 3.63) is 82.9 Å². The molecule has 1 aromatic heterocycles. The third kappa shape index (κ3) is 4.52. The van der Waals surface area contributed by atoms with Gasteiger partial charge in [-0.15, -0.1) is 10.2 Å². The molecule has 0 aliphatic heterocycles. The predicted molar refractivity (Wildman–Crippen MR) is 131 cm³/mol. The van der Waals surface area contributed by atoms with Gasteiger partial charge in [0, 0.05) is 10.4 Å². The van der Waals surface area contributed by atoms with Crippen molar-refractivity contribution in [1.82, 2.24) is 4.98 Å². The number of sulfonamides is 1. The number of hydrogen-bond donors (Lipinski definition) is 2. The Morgan fingerprint density at radius 2 is 1.74 bits per heavy atom. The summed E-state index contributed by atoms with van der Waals surface area (Å²) in [4.78, 5) is 15.6. The fraction of sp³-hybridized carbons (Fsp3) is 0.125. The number of amides is 1. The number of aromatic hydroxyl groups is 1. The van der Waals surface area contributed by atoms with E-state index in [-0.39, 0.29) is 22.2 Å². The van der Waals surface area contributed by atoms with E-state index in [1.807, 2.05) is 6.92 Å². The molecule has 3 aromatic carbocycles. The SMILES string of the molecule is Cc1ccc(S(=O)(=O)N(CC(=O)N=Nc2c(O)[nH]c3ccccc23)c2cccc(Cl)c2C)cc1. The van der Waals surface area contributed by atoms with Crippen LogP contribution < -0.4 is 4.31 Å². The van der Waals surface area contributed by atoms with E-state index >= 15 is 0 Å². The number of aromatic amines is 1. The number of nitrogens with one attached hydrogen (secondary N) is 1. The molecule has 10 heteroatoms. The number of para-hydroxylation sites is 1.